The Labute approximate surface area is 235 Å². The molecule has 2 fully saturated rings. The number of para-hydroxylation sites is 1. The van der Waals surface area contributed by atoms with E-state index in [1.165, 1.54) is 11.8 Å². The van der Waals surface area contributed by atoms with Gasteiger partial charge in [-0.25, -0.2) is 9.79 Å². The van der Waals surface area contributed by atoms with Crippen molar-refractivity contribution in [3.05, 3.63) is 48.0 Å². The van der Waals surface area contributed by atoms with Crippen LogP contribution in [0.2, 0.25) is 0 Å². The normalized spacial score (nSPS) is 26.9. The summed E-state index contributed by atoms with van der Waals surface area (Å²) in [4.78, 5) is 22.5. The van der Waals surface area contributed by atoms with E-state index in [0.29, 0.717) is 13.2 Å². The molecule has 5 atom stereocenters. The third-order valence-electron chi connectivity index (χ3n) is 7.09. The topological polar surface area (TPSA) is 165 Å². The Hall–Kier alpha value is -2.75. The lowest BCUT2D eigenvalue weighted by molar-refractivity contribution is -0.295. The van der Waals surface area contributed by atoms with Crippen molar-refractivity contribution in [2.24, 2.45) is 4.99 Å². The van der Waals surface area contributed by atoms with Crippen LogP contribution in [-0.4, -0.2) is 130 Å². The summed E-state index contributed by atoms with van der Waals surface area (Å²) < 4.78 is 16.1. The molecule has 5 N–H and O–H groups in total. The summed E-state index contributed by atoms with van der Waals surface area (Å²) in [6.45, 7) is 4.47. The van der Waals surface area contributed by atoms with E-state index in [2.05, 4.69) is 9.80 Å². The number of aliphatic hydroxyl groups is 3. The third-order valence-corrected chi connectivity index (χ3v) is 8.28. The Kier molecular flexibility index (Phi) is 9.23. The second-order valence-corrected chi connectivity index (χ2v) is 10.8. The molecule has 0 aromatic heterocycles. The molecule has 3 aliphatic heterocycles. The number of ether oxygens (including phenoxy) is 3. The highest BCUT2D eigenvalue weighted by Gasteiger charge is 2.47. The minimum atomic E-state index is -1.75. The van der Waals surface area contributed by atoms with Gasteiger partial charge < -0.3 is 44.6 Å². The first-order valence-electron chi connectivity index (χ1n) is 13.1. The molecular weight excluding hydrogens is 542 g/mol. The van der Waals surface area contributed by atoms with Crippen molar-refractivity contribution in [3.63, 3.8) is 0 Å². The first kappa shape index (κ1) is 28.8. The number of aliphatic imine (C=N–C) groups is 1. The van der Waals surface area contributed by atoms with Crippen LogP contribution in [0.3, 0.4) is 0 Å². The van der Waals surface area contributed by atoms with E-state index < -0.39 is 36.7 Å². The van der Waals surface area contributed by atoms with Gasteiger partial charge in [0, 0.05) is 43.2 Å². The molecule has 2 aromatic carbocycles. The number of aromatic hydroxyl groups is 1. The number of carboxylic acids is 1. The Bertz CT molecular complexity index is 1220. The van der Waals surface area contributed by atoms with E-state index in [-0.39, 0.29) is 19.0 Å². The maximum Gasteiger partial charge on any atom is 0.335 e. The summed E-state index contributed by atoms with van der Waals surface area (Å²) in [5.41, 5.74) is 1.80. The van der Waals surface area contributed by atoms with Crippen LogP contribution in [0.4, 0.5) is 5.69 Å². The highest BCUT2D eigenvalue weighted by Crippen LogP contribution is 2.44. The van der Waals surface area contributed by atoms with Crippen LogP contribution in [-0.2, 0) is 19.0 Å². The number of aliphatic hydroxyl groups excluding tert-OH is 3. The van der Waals surface area contributed by atoms with Gasteiger partial charge in [-0.2, -0.15) is 0 Å². The van der Waals surface area contributed by atoms with Crippen molar-refractivity contribution < 1.29 is 44.5 Å². The Morgan fingerprint density at radius 2 is 1.75 bits per heavy atom. The predicted molar refractivity (Wildman–Crippen MR) is 144 cm³/mol. The lowest BCUT2D eigenvalue weighted by Crippen LogP contribution is -2.60. The second kappa shape index (κ2) is 12.8. The smallest absolute Gasteiger partial charge is 0.335 e. The van der Waals surface area contributed by atoms with Gasteiger partial charge in [-0.1, -0.05) is 30.0 Å². The van der Waals surface area contributed by atoms with E-state index in [4.69, 9.17) is 24.3 Å². The quantitative estimate of drug-likeness (QED) is 0.277. The van der Waals surface area contributed by atoms with E-state index in [0.717, 1.165) is 53.1 Å². The van der Waals surface area contributed by atoms with Gasteiger partial charge in [-0.05, 0) is 24.3 Å². The molecule has 0 saturated carbocycles. The molecule has 3 aliphatic rings. The lowest BCUT2D eigenvalue weighted by atomic mass is 9.99. The number of benzene rings is 2. The van der Waals surface area contributed by atoms with Gasteiger partial charge in [0.15, 0.2) is 12.4 Å². The highest BCUT2D eigenvalue weighted by atomic mass is 32.2. The zero-order valence-electron chi connectivity index (χ0n) is 21.7. The number of piperazine rings is 1. The fourth-order valence-electron chi connectivity index (χ4n) is 4.86. The number of rotatable bonds is 8. The van der Waals surface area contributed by atoms with E-state index >= 15 is 0 Å². The van der Waals surface area contributed by atoms with E-state index in [1.807, 2.05) is 36.4 Å². The van der Waals surface area contributed by atoms with Crippen LogP contribution < -0.4 is 0 Å². The molecule has 2 saturated heterocycles. The number of carbonyl (C=O) groups is 1. The van der Waals surface area contributed by atoms with Crippen molar-refractivity contribution in [1.82, 2.24) is 9.80 Å². The highest BCUT2D eigenvalue weighted by molar-refractivity contribution is 7.99. The Morgan fingerprint density at radius 3 is 2.52 bits per heavy atom. The summed E-state index contributed by atoms with van der Waals surface area (Å²) >= 11 is 1.53. The van der Waals surface area contributed by atoms with Crippen LogP contribution >= 0.6 is 11.8 Å². The van der Waals surface area contributed by atoms with Crippen LogP contribution in [0.5, 0.6) is 5.75 Å². The molecule has 5 rings (SSSR count). The number of fused-ring (bicyclic) bond motifs is 2. The average Bonchev–Trinajstić information content (AvgIpc) is 3.13. The minimum absolute atomic E-state index is 0.0101. The number of phenolic OH excluding ortho intramolecular Hbond substituents is 1. The second-order valence-electron chi connectivity index (χ2n) is 9.71. The van der Waals surface area contributed by atoms with Crippen molar-refractivity contribution in [2.45, 2.75) is 40.5 Å². The first-order valence-corrected chi connectivity index (χ1v) is 13.9. The minimum Gasteiger partial charge on any atom is -0.507 e. The number of hydrogen-bond acceptors (Lipinski definition) is 12. The summed E-state index contributed by atoms with van der Waals surface area (Å²) in [6.07, 6.45) is -8.12. The molecule has 0 aliphatic carbocycles. The van der Waals surface area contributed by atoms with Crippen molar-refractivity contribution in [1.29, 1.82) is 0 Å². The third kappa shape index (κ3) is 6.26. The molecule has 13 heteroatoms. The van der Waals surface area contributed by atoms with Crippen LogP contribution in [0.1, 0.15) is 5.56 Å². The number of hydrogen-bond donors (Lipinski definition) is 5. The molecule has 0 bridgehead atoms. The monoisotopic (exact) mass is 575 g/mol. The predicted octanol–water partition coefficient (Wildman–Crippen LogP) is 0.478. The summed E-state index contributed by atoms with van der Waals surface area (Å²) in [5, 5.41) is 49.3. The van der Waals surface area contributed by atoms with Gasteiger partial charge in [0.25, 0.3) is 0 Å². The van der Waals surface area contributed by atoms with E-state index in [1.54, 1.807) is 6.07 Å². The molecule has 0 radical (unpaired) electrons. The van der Waals surface area contributed by atoms with Crippen molar-refractivity contribution >= 4 is 29.3 Å². The number of nitrogens with zero attached hydrogens (tertiary/aromatic N) is 3. The standard InChI is InChI=1S/C27H33N3O9S/c31-18-6-3-4-16-24(18)40-19-7-2-1-5-17(19)28-25(16)30-10-8-29(9-11-30)12-13-37-14-15-38-27-22(34)20(32)21(33)23(39-27)26(35)36/h1-7,20-23,27,31-34H,8-15H2,(H,35,36). The number of aliphatic carboxylic acids is 1. The van der Waals surface area contributed by atoms with Gasteiger partial charge >= 0.3 is 5.97 Å². The molecule has 0 amide bonds. The fourth-order valence-corrected chi connectivity index (χ4v) is 5.89. The van der Waals surface area contributed by atoms with Crippen LogP contribution in [0, 0.1) is 0 Å². The lowest BCUT2D eigenvalue weighted by Gasteiger charge is -2.38. The number of carboxylic acid groups (broad SMARTS) is 1. The number of phenols is 1. The largest absolute Gasteiger partial charge is 0.507 e. The van der Waals surface area contributed by atoms with Gasteiger partial charge in [0.2, 0.25) is 0 Å². The molecule has 3 heterocycles. The zero-order chi connectivity index (χ0) is 28.2. The number of amidine groups is 1. The summed E-state index contributed by atoms with van der Waals surface area (Å²) in [5.74, 6) is -0.362. The maximum absolute atomic E-state index is 11.2. The van der Waals surface area contributed by atoms with Crippen molar-refractivity contribution in [2.75, 3.05) is 52.5 Å². The molecule has 216 valence electrons. The first-order chi connectivity index (χ1) is 19.3. The SMILES string of the molecule is O=C(O)C1OC(OCCOCCN2CCN(C3=Nc4ccccc4Sc4c(O)cccc43)CC2)C(O)C(O)C1O. The van der Waals surface area contributed by atoms with Gasteiger partial charge in [-0.3, -0.25) is 4.90 Å². The summed E-state index contributed by atoms with van der Waals surface area (Å²) in [7, 11) is 0. The maximum atomic E-state index is 11.2. The van der Waals surface area contributed by atoms with Gasteiger partial charge in [0.05, 0.1) is 30.4 Å². The Morgan fingerprint density at radius 1 is 0.975 bits per heavy atom. The zero-order valence-corrected chi connectivity index (χ0v) is 22.5. The average molecular weight is 576 g/mol. The molecule has 40 heavy (non-hydrogen) atoms. The van der Waals surface area contributed by atoms with E-state index in [9.17, 15) is 25.2 Å². The Balaban J connectivity index is 1.08. The van der Waals surface area contributed by atoms with Gasteiger partial charge in [0.1, 0.15) is 29.9 Å². The van der Waals surface area contributed by atoms with Crippen LogP contribution in [0.15, 0.2) is 57.2 Å². The van der Waals surface area contributed by atoms with Crippen LogP contribution in [0.25, 0.3) is 0 Å². The van der Waals surface area contributed by atoms with Gasteiger partial charge in [-0.15, -0.1) is 0 Å². The summed E-state index contributed by atoms with van der Waals surface area (Å²) in [6, 6.07) is 13.5. The van der Waals surface area contributed by atoms with Crippen molar-refractivity contribution in [3.8, 4) is 5.75 Å². The molecular formula is C27H33N3O9S. The fraction of sp³-hybridized carbons (Fsp3) is 0.481. The molecule has 5 unspecified atom stereocenters. The molecule has 12 nitrogen and oxygen atoms in total. The molecule has 2 aromatic rings. The molecule has 0 spiro atoms.